The molecule has 6 rings (SSSR count). The van der Waals surface area contributed by atoms with Gasteiger partial charge in [0, 0.05) is 46.8 Å². The van der Waals surface area contributed by atoms with E-state index >= 15 is 0 Å². The Morgan fingerprint density at radius 3 is 1.18 bits per heavy atom. The van der Waals surface area contributed by atoms with E-state index in [-0.39, 0.29) is 5.12 Å². The fourth-order valence-corrected chi connectivity index (χ4v) is 5.95. The molecule has 0 spiro atoms. The highest BCUT2D eigenvalue weighted by Crippen LogP contribution is 2.38. The molecule has 6 aromatic carbocycles. The topological polar surface area (TPSA) is 23.6 Å². The second-order valence-corrected chi connectivity index (χ2v) is 12.4. The molecule has 0 unspecified atom stereocenters. The molecule has 4 heteroatoms. The van der Waals surface area contributed by atoms with Gasteiger partial charge in [0.15, 0.2) is 5.12 Å². The van der Waals surface area contributed by atoms with Crippen molar-refractivity contribution in [3.05, 3.63) is 168 Å². The molecule has 0 aliphatic carbocycles. The van der Waals surface area contributed by atoms with Gasteiger partial charge in [0.25, 0.3) is 0 Å². The van der Waals surface area contributed by atoms with Gasteiger partial charge in [-0.05, 0) is 103 Å². The molecule has 222 valence electrons. The summed E-state index contributed by atoms with van der Waals surface area (Å²) in [5, 5.41) is 0.134. The lowest BCUT2D eigenvalue weighted by Crippen LogP contribution is -2.10. The summed E-state index contributed by atoms with van der Waals surface area (Å²) in [7, 11) is 0. The molecule has 6 aromatic rings. The lowest BCUT2D eigenvalue weighted by Gasteiger charge is -2.26. The second kappa shape index (κ2) is 13.7. The lowest BCUT2D eigenvalue weighted by molar-refractivity contribution is -0.109. The minimum absolute atomic E-state index is 0.134. The predicted molar refractivity (Wildman–Crippen MR) is 193 cm³/mol. The first kappa shape index (κ1) is 30.0. The van der Waals surface area contributed by atoms with Crippen LogP contribution < -0.4 is 9.80 Å². The third kappa shape index (κ3) is 7.19. The van der Waals surface area contributed by atoms with Gasteiger partial charge < -0.3 is 9.80 Å². The molecule has 0 atom stereocenters. The van der Waals surface area contributed by atoms with E-state index in [1.165, 1.54) is 22.9 Å². The van der Waals surface area contributed by atoms with E-state index in [0.717, 1.165) is 50.8 Å². The Morgan fingerprint density at radius 1 is 0.467 bits per heavy atom. The number of benzene rings is 6. The zero-order valence-electron chi connectivity index (χ0n) is 25.9. The largest absolute Gasteiger partial charge is 0.311 e. The van der Waals surface area contributed by atoms with Crippen molar-refractivity contribution in [1.82, 2.24) is 0 Å². The minimum atomic E-state index is 0.134. The van der Waals surface area contributed by atoms with Crippen LogP contribution in [0.4, 0.5) is 34.1 Å². The fraction of sp³-hybridized carbons (Fsp3) is 0.0976. The van der Waals surface area contributed by atoms with E-state index in [1.807, 2.05) is 0 Å². The van der Waals surface area contributed by atoms with E-state index in [0.29, 0.717) is 5.75 Å². The molecule has 0 heterocycles. The summed E-state index contributed by atoms with van der Waals surface area (Å²) < 4.78 is 0. The van der Waals surface area contributed by atoms with Gasteiger partial charge in [-0.1, -0.05) is 102 Å². The van der Waals surface area contributed by atoms with Gasteiger partial charge in [0.1, 0.15) is 0 Å². The molecule has 0 radical (unpaired) electrons. The molecule has 0 aromatic heterocycles. The molecule has 45 heavy (non-hydrogen) atoms. The molecule has 0 N–H and O–H groups in total. The van der Waals surface area contributed by atoms with Gasteiger partial charge in [0.05, 0.1) is 0 Å². The van der Waals surface area contributed by atoms with Gasteiger partial charge in [0.2, 0.25) is 0 Å². The molecular formula is C41H36N2OS. The Labute approximate surface area is 270 Å². The van der Waals surface area contributed by atoms with Crippen LogP contribution in [0.2, 0.25) is 0 Å². The molecule has 3 nitrogen and oxygen atoms in total. The molecule has 0 amide bonds. The van der Waals surface area contributed by atoms with Crippen LogP contribution in [-0.4, -0.2) is 5.12 Å². The molecular weight excluding hydrogens is 569 g/mol. The van der Waals surface area contributed by atoms with Crippen LogP contribution in [-0.2, 0) is 10.5 Å². The quantitative estimate of drug-likeness (QED) is 0.164. The number of hydrogen-bond donors (Lipinski definition) is 0. The maximum atomic E-state index is 11.4. The van der Waals surface area contributed by atoms with Crippen molar-refractivity contribution in [1.29, 1.82) is 0 Å². The number of anilines is 6. The lowest BCUT2D eigenvalue weighted by atomic mass is 10.0. The Balaban J connectivity index is 1.29. The van der Waals surface area contributed by atoms with Gasteiger partial charge >= 0.3 is 0 Å². The molecule has 0 fully saturated rings. The standard InChI is InChI=1S/C41H36N2OS/c1-30-9-19-37(20-10-30)42(36-7-5-4-6-8-36)40-25-15-34(16-26-40)35-17-27-41(28-18-35)43(38-21-11-31(2)12-22-38)39-23-13-33(14-24-39)29-45-32(3)44/h4-28H,29H2,1-3H3. The molecule has 0 aliphatic rings. The maximum Gasteiger partial charge on any atom is 0.186 e. The van der Waals surface area contributed by atoms with Crippen LogP contribution >= 0.6 is 11.8 Å². The first-order valence-corrected chi connectivity index (χ1v) is 16.1. The van der Waals surface area contributed by atoms with Gasteiger partial charge in [-0.25, -0.2) is 0 Å². The third-order valence-corrected chi connectivity index (χ3v) is 8.70. The monoisotopic (exact) mass is 604 g/mol. The Morgan fingerprint density at radius 2 is 0.800 bits per heavy atom. The van der Waals surface area contributed by atoms with Crippen LogP contribution in [0.1, 0.15) is 23.6 Å². The van der Waals surface area contributed by atoms with Crippen molar-refractivity contribution in [2.24, 2.45) is 0 Å². The van der Waals surface area contributed by atoms with Crippen molar-refractivity contribution in [2.45, 2.75) is 26.5 Å². The van der Waals surface area contributed by atoms with Gasteiger partial charge in [-0.15, -0.1) is 0 Å². The minimum Gasteiger partial charge on any atom is -0.311 e. The molecule has 0 saturated heterocycles. The van der Waals surface area contributed by atoms with E-state index in [1.54, 1.807) is 6.92 Å². The summed E-state index contributed by atoms with van der Waals surface area (Å²) in [4.78, 5) is 16.0. The summed E-state index contributed by atoms with van der Waals surface area (Å²) in [6, 6.07) is 53.8. The summed E-state index contributed by atoms with van der Waals surface area (Å²) in [5.41, 5.74) is 12.5. The number of carbonyl (C=O) groups is 1. The average molecular weight is 605 g/mol. The summed E-state index contributed by atoms with van der Waals surface area (Å²) in [6.07, 6.45) is 0. The van der Waals surface area contributed by atoms with Crippen LogP contribution in [0.5, 0.6) is 0 Å². The summed E-state index contributed by atoms with van der Waals surface area (Å²) >= 11 is 1.34. The fourth-order valence-electron chi connectivity index (χ4n) is 5.39. The average Bonchev–Trinajstić information content (AvgIpc) is 3.07. The van der Waals surface area contributed by atoms with Crippen LogP contribution in [0, 0.1) is 13.8 Å². The van der Waals surface area contributed by atoms with Gasteiger partial charge in [-0.3, -0.25) is 4.79 Å². The third-order valence-electron chi connectivity index (χ3n) is 7.82. The Kier molecular flexibility index (Phi) is 9.14. The number of carbonyl (C=O) groups excluding carboxylic acids is 1. The number of thioether (sulfide) groups is 1. The zero-order valence-corrected chi connectivity index (χ0v) is 26.7. The number of nitrogens with zero attached hydrogens (tertiary/aromatic N) is 2. The molecule has 0 bridgehead atoms. The highest BCUT2D eigenvalue weighted by atomic mass is 32.2. The van der Waals surface area contributed by atoms with E-state index in [2.05, 4.69) is 175 Å². The van der Waals surface area contributed by atoms with Crippen molar-refractivity contribution < 1.29 is 4.79 Å². The maximum absolute atomic E-state index is 11.4. The highest BCUT2D eigenvalue weighted by molar-refractivity contribution is 8.12. The predicted octanol–water partition coefficient (Wildman–Crippen LogP) is 11.7. The number of hydrogen-bond acceptors (Lipinski definition) is 4. The summed E-state index contributed by atoms with van der Waals surface area (Å²) in [6.45, 7) is 5.83. The number of aryl methyl sites for hydroxylation is 2. The second-order valence-electron chi connectivity index (χ2n) is 11.2. The first-order valence-electron chi connectivity index (χ1n) is 15.2. The van der Waals surface area contributed by atoms with Crippen molar-refractivity contribution in [3.8, 4) is 11.1 Å². The SMILES string of the molecule is CC(=O)SCc1ccc(N(c2ccc(C)cc2)c2ccc(-c3ccc(N(c4ccccc4)c4ccc(C)cc4)cc3)cc2)cc1. The highest BCUT2D eigenvalue weighted by Gasteiger charge is 2.15. The first-order chi connectivity index (χ1) is 21.9. The van der Waals surface area contributed by atoms with Gasteiger partial charge in [-0.2, -0.15) is 0 Å². The normalized spacial score (nSPS) is 10.8. The Hall–Kier alpha value is -5.06. The zero-order chi connectivity index (χ0) is 31.2. The van der Waals surface area contributed by atoms with Crippen molar-refractivity contribution >= 4 is 51.0 Å². The van der Waals surface area contributed by atoms with Crippen molar-refractivity contribution in [2.75, 3.05) is 9.80 Å². The van der Waals surface area contributed by atoms with E-state index < -0.39 is 0 Å². The van der Waals surface area contributed by atoms with Crippen LogP contribution in [0.15, 0.2) is 152 Å². The number of rotatable bonds is 9. The molecule has 0 aliphatic heterocycles. The molecule has 0 saturated carbocycles. The van der Waals surface area contributed by atoms with E-state index in [9.17, 15) is 4.79 Å². The van der Waals surface area contributed by atoms with Crippen molar-refractivity contribution in [3.63, 3.8) is 0 Å². The van der Waals surface area contributed by atoms with E-state index in [4.69, 9.17) is 0 Å². The van der Waals surface area contributed by atoms with Crippen LogP contribution in [0.3, 0.4) is 0 Å². The smallest absolute Gasteiger partial charge is 0.186 e. The Bertz CT molecular complexity index is 1850. The number of para-hydroxylation sites is 1. The van der Waals surface area contributed by atoms with Crippen LogP contribution in [0.25, 0.3) is 11.1 Å². The summed E-state index contributed by atoms with van der Waals surface area (Å²) in [5.74, 6) is 0.682.